The van der Waals surface area contributed by atoms with E-state index in [1.165, 1.54) is 63.6 Å². The predicted octanol–water partition coefficient (Wildman–Crippen LogP) is 5.98. The summed E-state index contributed by atoms with van der Waals surface area (Å²) in [5.41, 5.74) is 0. The first-order valence-electron chi connectivity index (χ1n) is 10.3. The van der Waals surface area contributed by atoms with Crippen molar-refractivity contribution in [1.29, 1.82) is 5.26 Å². The third-order valence-corrected chi connectivity index (χ3v) is 4.50. The summed E-state index contributed by atoms with van der Waals surface area (Å²) < 4.78 is 2.17. The normalized spacial score (nSPS) is 10.0. The van der Waals surface area contributed by atoms with E-state index in [1.54, 1.807) is 0 Å². The lowest BCUT2D eigenvalue weighted by atomic mass is 10.1. The van der Waals surface area contributed by atoms with E-state index >= 15 is 0 Å². The molecule has 1 aromatic heterocycles. The number of nitrogens with zero attached hydrogens (tertiary/aromatic N) is 2. The molecule has 3 heteroatoms. The number of rotatable bonds is 12. The molecule has 0 aliphatic heterocycles. The van der Waals surface area contributed by atoms with Crippen LogP contribution in [0.3, 0.4) is 0 Å². The van der Waals surface area contributed by atoms with Gasteiger partial charge in [-0.05, 0) is 6.42 Å². The fourth-order valence-corrected chi connectivity index (χ4v) is 2.98. The Kier molecular flexibility index (Phi) is 13.8. The predicted molar refractivity (Wildman–Crippen MR) is 109 cm³/mol. The van der Waals surface area contributed by atoms with Gasteiger partial charge in [-0.1, -0.05) is 94.7 Å². The second kappa shape index (κ2) is 16.4. The molecule has 0 bridgehead atoms. The molecule has 1 heterocycles. The molecule has 0 unspecified atom stereocenters. The quantitative estimate of drug-likeness (QED) is 0.370. The molecule has 26 heavy (non-hydrogen) atoms. The Morgan fingerprint density at radius 3 is 1.92 bits per heavy atom. The Morgan fingerprint density at radius 2 is 1.38 bits per heavy atom. The highest BCUT2D eigenvalue weighted by Crippen LogP contribution is 2.10. The molecule has 0 saturated heterocycles. The maximum Gasteiger partial charge on any atom is 0.254 e. The zero-order valence-corrected chi connectivity index (χ0v) is 16.5. The Morgan fingerprint density at radius 1 is 0.846 bits per heavy atom. The molecule has 0 fully saturated rings. The van der Waals surface area contributed by atoms with Gasteiger partial charge in [0.15, 0.2) is 0 Å². The number of aromatic nitrogens is 2. The number of nitriles is 1. The lowest BCUT2D eigenvalue weighted by molar-refractivity contribution is -0.701. The maximum atomic E-state index is 8.63. The summed E-state index contributed by atoms with van der Waals surface area (Å²) in [6.07, 6.45) is 18.0. The standard InChI is InChI=1S/C17H29N3.C6H6/c1-2-3-4-5-6-7-8-9-10-12-17-19-14-16-20(17)15-11-13-18;1-2-4-6-5-3-1/h14,16H,2-12,15H2,1H3;1-6H/p+1. The second-order valence-corrected chi connectivity index (χ2v) is 6.74. The van der Waals surface area contributed by atoms with Crippen LogP contribution in [-0.4, -0.2) is 4.98 Å². The van der Waals surface area contributed by atoms with E-state index < -0.39 is 0 Å². The number of hydrogen-bond donors (Lipinski definition) is 1. The molecule has 2 aromatic rings. The van der Waals surface area contributed by atoms with Gasteiger partial charge in [0, 0.05) is 6.42 Å². The van der Waals surface area contributed by atoms with Gasteiger partial charge in [-0.15, -0.1) is 0 Å². The minimum atomic E-state index is 0.591. The summed E-state index contributed by atoms with van der Waals surface area (Å²) in [5.74, 6) is 1.27. The second-order valence-electron chi connectivity index (χ2n) is 6.74. The lowest BCUT2D eigenvalue weighted by Crippen LogP contribution is -2.35. The number of H-pyrrole nitrogens is 1. The lowest BCUT2D eigenvalue weighted by Gasteiger charge is -2.01. The topological polar surface area (TPSA) is 43.5 Å². The molecule has 0 radical (unpaired) electrons. The molecule has 1 aromatic carbocycles. The van der Waals surface area contributed by atoms with E-state index in [0.717, 1.165) is 13.0 Å². The van der Waals surface area contributed by atoms with Gasteiger partial charge in [0.2, 0.25) is 0 Å². The zero-order chi connectivity index (χ0) is 18.7. The van der Waals surface area contributed by atoms with Crippen LogP contribution in [0, 0.1) is 11.3 Å². The zero-order valence-electron chi connectivity index (χ0n) is 16.5. The number of imidazole rings is 1. The number of unbranched alkanes of at least 4 members (excludes halogenated alkanes) is 8. The molecule has 3 nitrogen and oxygen atoms in total. The molecular weight excluding hydrogens is 318 g/mol. The number of aromatic amines is 1. The monoisotopic (exact) mass is 354 g/mol. The van der Waals surface area contributed by atoms with Crippen molar-refractivity contribution in [2.75, 3.05) is 0 Å². The fourth-order valence-electron chi connectivity index (χ4n) is 2.98. The molecule has 0 atom stereocenters. The third kappa shape index (κ3) is 11.5. The average Bonchev–Trinajstić information content (AvgIpc) is 3.14. The maximum absolute atomic E-state index is 8.63. The van der Waals surface area contributed by atoms with Gasteiger partial charge in [-0.3, -0.25) is 0 Å². The molecule has 142 valence electrons. The van der Waals surface area contributed by atoms with Crippen molar-refractivity contribution in [3.05, 3.63) is 54.6 Å². The van der Waals surface area contributed by atoms with Crippen LogP contribution in [0.25, 0.3) is 0 Å². The number of aryl methyl sites for hydroxylation is 2. The molecular formula is C23H36N3+. The van der Waals surface area contributed by atoms with Crippen molar-refractivity contribution in [2.45, 2.75) is 84.1 Å². The highest BCUT2D eigenvalue weighted by atomic mass is 15.1. The fraction of sp³-hybridized carbons (Fsp3) is 0.565. The van der Waals surface area contributed by atoms with Crippen molar-refractivity contribution < 1.29 is 4.57 Å². The summed E-state index contributed by atoms with van der Waals surface area (Å²) in [6.45, 7) is 3.08. The average molecular weight is 355 g/mol. The van der Waals surface area contributed by atoms with Crippen LogP contribution in [0.5, 0.6) is 0 Å². The van der Waals surface area contributed by atoms with Gasteiger partial charge >= 0.3 is 0 Å². The Labute approximate surface area is 160 Å². The summed E-state index contributed by atoms with van der Waals surface area (Å²) in [5, 5.41) is 8.63. The van der Waals surface area contributed by atoms with Crippen molar-refractivity contribution in [2.24, 2.45) is 0 Å². The summed E-state index contributed by atoms with van der Waals surface area (Å²) in [7, 11) is 0. The SMILES string of the molecule is CCCCCCCCCCCc1[nH]cc[n+]1CCC#N.c1ccccc1. The van der Waals surface area contributed by atoms with Crippen LogP contribution >= 0.6 is 0 Å². The van der Waals surface area contributed by atoms with E-state index in [9.17, 15) is 0 Å². The van der Waals surface area contributed by atoms with Gasteiger partial charge in [0.05, 0.1) is 12.5 Å². The molecule has 0 amide bonds. The van der Waals surface area contributed by atoms with Crippen LogP contribution in [0.15, 0.2) is 48.8 Å². The van der Waals surface area contributed by atoms with E-state index in [0.29, 0.717) is 6.42 Å². The highest BCUT2D eigenvalue weighted by Gasteiger charge is 2.09. The van der Waals surface area contributed by atoms with E-state index in [-0.39, 0.29) is 0 Å². The van der Waals surface area contributed by atoms with E-state index in [1.807, 2.05) is 48.8 Å². The van der Waals surface area contributed by atoms with Crippen molar-refractivity contribution in [3.8, 4) is 6.07 Å². The van der Waals surface area contributed by atoms with Crippen LogP contribution in [0.1, 0.15) is 77.0 Å². The van der Waals surface area contributed by atoms with Gasteiger partial charge in [-0.2, -0.15) is 5.26 Å². The molecule has 0 aliphatic carbocycles. The summed E-state index contributed by atoms with van der Waals surface area (Å²) in [6, 6.07) is 14.2. The summed E-state index contributed by atoms with van der Waals surface area (Å²) >= 11 is 0. The van der Waals surface area contributed by atoms with Crippen molar-refractivity contribution >= 4 is 0 Å². The molecule has 0 aliphatic rings. The highest BCUT2D eigenvalue weighted by molar-refractivity contribution is 4.99. The van der Waals surface area contributed by atoms with E-state index in [4.69, 9.17) is 5.26 Å². The molecule has 2 rings (SSSR count). The minimum absolute atomic E-state index is 0.591. The summed E-state index contributed by atoms with van der Waals surface area (Å²) in [4.78, 5) is 3.29. The van der Waals surface area contributed by atoms with Crippen molar-refractivity contribution in [3.63, 3.8) is 0 Å². The van der Waals surface area contributed by atoms with Gasteiger partial charge in [0.1, 0.15) is 18.9 Å². The molecule has 0 saturated carbocycles. The minimum Gasteiger partial charge on any atom is -0.248 e. The Hall–Kier alpha value is -2.08. The third-order valence-electron chi connectivity index (χ3n) is 4.50. The first-order valence-corrected chi connectivity index (χ1v) is 10.3. The van der Waals surface area contributed by atoms with Crippen LogP contribution in [0.4, 0.5) is 0 Å². The van der Waals surface area contributed by atoms with Gasteiger partial charge < -0.3 is 0 Å². The number of nitrogens with one attached hydrogen (secondary N) is 1. The van der Waals surface area contributed by atoms with Gasteiger partial charge in [0.25, 0.3) is 5.82 Å². The van der Waals surface area contributed by atoms with Gasteiger partial charge in [-0.25, -0.2) is 9.55 Å². The molecule has 1 N–H and O–H groups in total. The van der Waals surface area contributed by atoms with Crippen LogP contribution in [-0.2, 0) is 13.0 Å². The smallest absolute Gasteiger partial charge is 0.248 e. The number of benzene rings is 1. The van der Waals surface area contributed by atoms with Crippen molar-refractivity contribution in [1.82, 2.24) is 4.98 Å². The largest absolute Gasteiger partial charge is 0.254 e. The van der Waals surface area contributed by atoms with Crippen LogP contribution in [0.2, 0.25) is 0 Å². The Bertz CT molecular complexity index is 542. The molecule has 0 spiro atoms. The number of hydrogen-bond acceptors (Lipinski definition) is 1. The first-order chi connectivity index (χ1) is 12.9. The van der Waals surface area contributed by atoms with Crippen LogP contribution < -0.4 is 4.57 Å². The Balaban J connectivity index is 0.000000472. The van der Waals surface area contributed by atoms with E-state index in [2.05, 4.69) is 22.5 Å². The first kappa shape index (κ1) is 22.0.